The molecule has 0 saturated carbocycles. The fourth-order valence-corrected chi connectivity index (χ4v) is 11.3. The van der Waals surface area contributed by atoms with Crippen LogP contribution in [0.2, 0.25) is 0 Å². The molecular formula is C80H150O3P-. The number of aliphatic hydroxyl groups excluding tert-OH is 1. The summed E-state index contributed by atoms with van der Waals surface area (Å²) in [6.45, 7) is 19.1. The van der Waals surface area contributed by atoms with Gasteiger partial charge in [0.05, 0.1) is 19.6 Å². The number of hydrogen-bond donors (Lipinski definition) is 1. The third kappa shape index (κ3) is 70.8. The largest absolute Gasteiger partial charge is 0.393 e. The Balaban J connectivity index is -0.00000157. The number of aliphatic hydroxyl groups is 1. The van der Waals surface area contributed by atoms with Gasteiger partial charge in [0, 0.05) is 5.16 Å². The Labute approximate surface area is 529 Å². The Kier molecular flexibility index (Phi) is 73.8. The van der Waals surface area contributed by atoms with Crippen molar-refractivity contribution in [1.82, 2.24) is 0 Å². The minimum Gasteiger partial charge on any atom is -0.393 e. The van der Waals surface area contributed by atoms with Gasteiger partial charge in [-0.25, -0.2) is 0 Å². The summed E-state index contributed by atoms with van der Waals surface area (Å²) >= 11 is 0. The maximum Gasteiger partial charge on any atom is 0.0708 e. The normalized spacial score (nSPS) is 13.3. The predicted molar refractivity (Wildman–Crippen MR) is 386 cm³/mol. The molecule has 0 bridgehead atoms. The fourth-order valence-electron chi connectivity index (χ4n) is 10.2. The summed E-state index contributed by atoms with van der Waals surface area (Å²) in [6, 6.07) is 0. The summed E-state index contributed by atoms with van der Waals surface area (Å²) in [7, 11) is -2.89. The summed E-state index contributed by atoms with van der Waals surface area (Å²) in [4.78, 5) is 0. The van der Waals surface area contributed by atoms with Crippen molar-refractivity contribution in [3.63, 3.8) is 0 Å². The first-order valence-corrected chi connectivity index (χ1v) is 38.4. The van der Waals surface area contributed by atoms with Gasteiger partial charge in [-0.2, -0.15) is 0 Å². The van der Waals surface area contributed by atoms with Crippen molar-refractivity contribution in [3.8, 4) is 0 Å². The minimum atomic E-state index is -2.89. The molecule has 0 aromatic rings. The Bertz CT molecular complexity index is 1460. The lowest BCUT2D eigenvalue weighted by molar-refractivity contribution is 0.147. The van der Waals surface area contributed by atoms with Crippen LogP contribution in [-0.4, -0.2) is 22.5 Å². The van der Waals surface area contributed by atoms with E-state index in [1.807, 2.05) is 20.8 Å². The molecule has 494 valence electrons. The zero-order valence-electron chi connectivity index (χ0n) is 57.1. The number of hydrogen-bond acceptors (Lipinski definition) is 3. The van der Waals surface area contributed by atoms with E-state index in [2.05, 4.69) is 132 Å². The van der Waals surface area contributed by atoms with Crippen LogP contribution in [0.4, 0.5) is 0 Å². The van der Waals surface area contributed by atoms with E-state index in [9.17, 15) is 9.67 Å². The average Bonchev–Trinajstić information content (AvgIpc) is 3.43. The van der Waals surface area contributed by atoms with Gasteiger partial charge in [-0.15, -0.1) is 0 Å². The van der Waals surface area contributed by atoms with Gasteiger partial charge in [-0.1, -0.05) is 333 Å². The molecular weight excluding hydrogens is 1040 g/mol. The van der Waals surface area contributed by atoms with Crippen LogP contribution >= 0.6 is 7.37 Å². The number of unbranched alkanes of at least 4 members (excludes halogenated alkanes) is 36. The Hall–Kier alpha value is -1.93. The molecule has 0 saturated heterocycles. The second-order valence-corrected chi connectivity index (χ2v) is 28.6. The van der Waals surface area contributed by atoms with Crippen molar-refractivity contribution < 1.29 is 14.2 Å². The molecule has 1 atom stereocenters. The van der Waals surface area contributed by atoms with Crippen molar-refractivity contribution in [2.45, 2.75) is 407 Å². The molecule has 0 radical (unpaired) electrons. The van der Waals surface area contributed by atoms with Gasteiger partial charge in [-0.3, -0.25) is 6.66 Å². The van der Waals surface area contributed by atoms with E-state index in [1.54, 1.807) is 0 Å². The van der Waals surface area contributed by atoms with E-state index in [4.69, 9.17) is 4.52 Å². The van der Waals surface area contributed by atoms with Gasteiger partial charge in [0.15, 0.2) is 0 Å². The molecule has 1 unspecified atom stereocenters. The van der Waals surface area contributed by atoms with E-state index in [0.29, 0.717) is 0 Å². The van der Waals surface area contributed by atoms with Crippen molar-refractivity contribution in [1.29, 1.82) is 0 Å². The molecule has 0 spiro atoms. The summed E-state index contributed by atoms with van der Waals surface area (Å²) in [5.41, 5.74) is 0. The van der Waals surface area contributed by atoms with Crippen molar-refractivity contribution in [2.24, 2.45) is 0 Å². The molecule has 84 heavy (non-hydrogen) atoms. The summed E-state index contributed by atoms with van der Waals surface area (Å²) < 4.78 is 19.5. The van der Waals surface area contributed by atoms with Crippen LogP contribution in [0.5, 0.6) is 0 Å². The molecule has 4 heteroatoms. The molecule has 0 heterocycles. The van der Waals surface area contributed by atoms with E-state index in [0.717, 1.165) is 51.4 Å². The summed E-state index contributed by atoms with van der Waals surface area (Å²) in [5, 5.41) is 9.86. The van der Waals surface area contributed by atoms with E-state index >= 15 is 0 Å². The first-order chi connectivity index (χ1) is 40.6. The second kappa shape index (κ2) is 71.8. The fraction of sp³-hybridized carbons (Fsp3) is 0.787. The quantitative estimate of drug-likeness (QED) is 0.0286. The van der Waals surface area contributed by atoms with E-state index in [-0.39, 0.29) is 19.6 Å². The number of allylic oxidation sites excluding steroid dienone is 16. The highest BCUT2D eigenvalue weighted by Crippen LogP contribution is 2.58. The molecule has 3 nitrogen and oxygen atoms in total. The molecule has 0 aliphatic heterocycles. The van der Waals surface area contributed by atoms with Gasteiger partial charge in [0.25, 0.3) is 0 Å². The minimum absolute atomic E-state index is 0. The monoisotopic (exact) mass is 1190 g/mol. The third-order valence-electron chi connectivity index (χ3n) is 16.3. The topological polar surface area (TPSA) is 46.5 Å². The standard InChI is InChI=1S/C42H78O2P.C37H68O.CH4/c1-7-9-11-13-15-17-19-21-23-25-27-29-31-33-35-37-39-41(44-45(6,43)42(3,4)5)40-38-36-34-32-30-28-26-24-22-20-18-16-14-12-10-8-2;1-3-5-7-9-11-13-15-17-19-21-23-25-27-29-31-33-35-37(38)36-34-32-30-28-26-24-22-20-18-16-14-12-10-8-6-4-2;/h15-18,21-24,41H,6-14,19-20,25-40H2,1-5H3;11-14,17-20,37-38H,3-10,15-16,21-36H2,1-2H3;1H4/q-1;;/b17-15-,18-16-,23-21-,24-22-;13-11-,14-12-,19-17-,20-18-;. The third-order valence-corrected chi connectivity index (χ3v) is 19.0. The van der Waals surface area contributed by atoms with Crippen LogP contribution < -0.4 is 0 Å². The molecule has 0 aliphatic carbocycles. The van der Waals surface area contributed by atoms with Crippen molar-refractivity contribution >= 4 is 7.37 Å². The lowest BCUT2D eigenvalue weighted by atomic mass is 10.0. The molecule has 0 aliphatic rings. The lowest BCUT2D eigenvalue weighted by Crippen LogP contribution is -2.20. The van der Waals surface area contributed by atoms with Crippen LogP contribution in [0.25, 0.3) is 0 Å². The van der Waals surface area contributed by atoms with Crippen LogP contribution in [0.3, 0.4) is 0 Å². The molecule has 0 aromatic carbocycles. The van der Waals surface area contributed by atoms with Gasteiger partial charge >= 0.3 is 0 Å². The smallest absolute Gasteiger partial charge is 0.0708 e. The predicted octanol–water partition coefficient (Wildman–Crippen LogP) is 29.0. The highest BCUT2D eigenvalue weighted by molar-refractivity contribution is 7.61. The lowest BCUT2D eigenvalue weighted by Gasteiger charge is -2.37. The van der Waals surface area contributed by atoms with E-state index in [1.165, 1.54) is 283 Å². The van der Waals surface area contributed by atoms with Crippen molar-refractivity contribution in [3.05, 3.63) is 104 Å². The molecule has 0 rings (SSSR count). The Morgan fingerprint density at radius 3 is 0.726 bits per heavy atom. The van der Waals surface area contributed by atoms with E-state index < -0.39 is 12.5 Å². The summed E-state index contributed by atoms with van der Waals surface area (Å²) in [6.07, 6.45) is 103. The van der Waals surface area contributed by atoms with Crippen LogP contribution in [0.1, 0.15) is 390 Å². The maximum absolute atomic E-state index is 13.2. The second-order valence-electron chi connectivity index (χ2n) is 25.7. The summed E-state index contributed by atoms with van der Waals surface area (Å²) in [5.74, 6) is 0. The van der Waals surface area contributed by atoms with Gasteiger partial charge in [0.2, 0.25) is 0 Å². The van der Waals surface area contributed by atoms with Gasteiger partial charge in [0.1, 0.15) is 0 Å². The molecule has 0 aromatic heterocycles. The van der Waals surface area contributed by atoms with Crippen LogP contribution in [0.15, 0.2) is 97.2 Å². The Morgan fingerprint density at radius 2 is 0.512 bits per heavy atom. The molecule has 0 amide bonds. The van der Waals surface area contributed by atoms with Crippen LogP contribution in [0, 0.1) is 6.66 Å². The average molecular weight is 1190 g/mol. The highest BCUT2D eigenvalue weighted by atomic mass is 31.2. The number of rotatable bonds is 62. The SMILES string of the molecule is C.CCCCC/C=C\C/C=C\CCCCCCCCC(O)CCCCCCCC/C=C\C/C=C\CCCCC.[CH2-]P(=O)(OC(CCCCCCCC/C=C\C/C=C\CCCCC)CCCCCCCC/C=C\C/C=C\CCCCC)C(C)(C)C. The first-order valence-electron chi connectivity index (χ1n) is 36.6. The molecule has 1 N–H and O–H groups in total. The highest BCUT2D eigenvalue weighted by Gasteiger charge is 2.29. The van der Waals surface area contributed by atoms with Gasteiger partial charge < -0.3 is 14.2 Å². The zero-order chi connectivity index (χ0) is 60.9. The molecule has 0 fully saturated rings. The van der Waals surface area contributed by atoms with Crippen LogP contribution in [-0.2, 0) is 9.09 Å². The van der Waals surface area contributed by atoms with Crippen molar-refractivity contribution in [2.75, 3.05) is 0 Å². The van der Waals surface area contributed by atoms with Gasteiger partial charge in [-0.05, 0) is 154 Å². The Morgan fingerprint density at radius 1 is 0.321 bits per heavy atom. The zero-order valence-corrected chi connectivity index (χ0v) is 58.0. The maximum atomic E-state index is 13.2. The first kappa shape index (κ1) is 86.3.